The average Bonchev–Trinajstić information content (AvgIpc) is 2.81. The zero-order valence-electron chi connectivity index (χ0n) is 17.3. The standard InChI is InChI=1S/C23H23N5O4/c29-22(8-4-14-24-18-9-11-21(12-10-18)28(31)32)27-19-7-3-5-17(15-19)23(30)26-16-20-6-1-2-13-25-20/h1-3,5-7,9-13,15,24H,4,8,14,16H2,(H,26,30)(H,27,29). The summed E-state index contributed by atoms with van der Waals surface area (Å²) in [6.45, 7) is 0.860. The molecule has 0 aliphatic heterocycles. The Bertz CT molecular complexity index is 1070. The monoisotopic (exact) mass is 433 g/mol. The van der Waals surface area contributed by atoms with Crippen molar-refractivity contribution >= 4 is 28.9 Å². The Balaban J connectivity index is 1.41. The molecule has 0 aliphatic carbocycles. The van der Waals surface area contributed by atoms with Crippen LogP contribution in [0.2, 0.25) is 0 Å². The Morgan fingerprint density at radius 1 is 0.969 bits per heavy atom. The molecule has 0 atom stereocenters. The number of hydrogen-bond acceptors (Lipinski definition) is 6. The van der Waals surface area contributed by atoms with Crippen molar-refractivity contribution in [1.29, 1.82) is 0 Å². The summed E-state index contributed by atoms with van der Waals surface area (Å²) < 4.78 is 0. The minimum absolute atomic E-state index is 0.0302. The van der Waals surface area contributed by atoms with E-state index >= 15 is 0 Å². The minimum Gasteiger partial charge on any atom is -0.385 e. The molecule has 0 unspecified atom stereocenters. The third-order valence-electron chi connectivity index (χ3n) is 4.55. The number of non-ortho nitro benzene ring substituents is 1. The van der Waals surface area contributed by atoms with Gasteiger partial charge >= 0.3 is 0 Å². The number of nitro benzene ring substituents is 1. The maximum atomic E-state index is 12.4. The first-order chi connectivity index (χ1) is 15.5. The average molecular weight is 433 g/mol. The maximum Gasteiger partial charge on any atom is 0.269 e. The van der Waals surface area contributed by atoms with Gasteiger partial charge in [0.25, 0.3) is 11.6 Å². The SMILES string of the molecule is O=C(CCCNc1ccc([N+](=O)[O-])cc1)Nc1cccc(C(=O)NCc2ccccn2)c1. The number of aromatic nitrogens is 1. The molecule has 0 fully saturated rings. The molecule has 3 aromatic rings. The molecule has 2 amide bonds. The summed E-state index contributed by atoms with van der Waals surface area (Å²) >= 11 is 0. The van der Waals surface area contributed by atoms with Crippen molar-refractivity contribution in [2.45, 2.75) is 19.4 Å². The van der Waals surface area contributed by atoms with Gasteiger partial charge < -0.3 is 16.0 Å². The van der Waals surface area contributed by atoms with Crippen molar-refractivity contribution in [3.05, 3.63) is 94.3 Å². The van der Waals surface area contributed by atoms with E-state index in [1.54, 1.807) is 42.6 Å². The van der Waals surface area contributed by atoms with Crippen molar-refractivity contribution in [2.75, 3.05) is 17.2 Å². The lowest BCUT2D eigenvalue weighted by molar-refractivity contribution is -0.384. The summed E-state index contributed by atoms with van der Waals surface area (Å²) in [5.74, 6) is -0.416. The lowest BCUT2D eigenvalue weighted by Gasteiger charge is -2.09. The molecule has 164 valence electrons. The number of hydrogen-bond donors (Lipinski definition) is 3. The zero-order chi connectivity index (χ0) is 22.8. The highest BCUT2D eigenvalue weighted by Crippen LogP contribution is 2.15. The van der Waals surface area contributed by atoms with Crippen LogP contribution in [0.15, 0.2) is 72.9 Å². The zero-order valence-corrected chi connectivity index (χ0v) is 17.3. The Morgan fingerprint density at radius 3 is 2.50 bits per heavy atom. The Morgan fingerprint density at radius 2 is 1.78 bits per heavy atom. The van der Waals surface area contributed by atoms with Gasteiger partial charge in [0.15, 0.2) is 0 Å². The largest absolute Gasteiger partial charge is 0.385 e. The molecule has 1 heterocycles. The van der Waals surface area contributed by atoms with E-state index in [-0.39, 0.29) is 23.9 Å². The second-order valence-electron chi connectivity index (χ2n) is 6.97. The number of anilines is 2. The molecule has 9 heteroatoms. The number of pyridine rings is 1. The number of amides is 2. The number of nitrogens with zero attached hydrogens (tertiary/aromatic N) is 2. The molecule has 0 bridgehead atoms. The fraction of sp³-hybridized carbons (Fsp3) is 0.174. The Labute approximate surface area is 185 Å². The van der Waals surface area contributed by atoms with E-state index in [9.17, 15) is 19.7 Å². The number of nitro groups is 1. The minimum atomic E-state index is -0.451. The quantitative estimate of drug-likeness (QED) is 0.254. The molecule has 0 aliphatic rings. The van der Waals surface area contributed by atoms with Gasteiger partial charge in [-0.15, -0.1) is 0 Å². The molecule has 3 N–H and O–H groups in total. The van der Waals surface area contributed by atoms with Crippen molar-refractivity contribution in [1.82, 2.24) is 10.3 Å². The van der Waals surface area contributed by atoms with E-state index in [4.69, 9.17) is 0 Å². The van der Waals surface area contributed by atoms with Crippen LogP contribution in [-0.4, -0.2) is 28.3 Å². The predicted molar refractivity (Wildman–Crippen MR) is 121 cm³/mol. The molecule has 0 radical (unpaired) electrons. The normalized spacial score (nSPS) is 10.2. The van der Waals surface area contributed by atoms with Gasteiger partial charge in [-0.2, -0.15) is 0 Å². The molecule has 3 rings (SSSR count). The fourth-order valence-electron chi connectivity index (χ4n) is 2.92. The van der Waals surface area contributed by atoms with Gasteiger partial charge in [0.1, 0.15) is 0 Å². The van der Waals surface area contributed by atoms with Crippen LogP contribution in [0.4, 0.5) is 17.1 Å². The van der Waals surface area contributed by atoms with Crippen molar-refractivity contribution in [3.63, 3.8) is 0 Å². The molecule has 1 aromatic heterocycles. The first-order valence-corrected chi connectivity index (χ1v) is 10.1. The molecule has 0 saturated heterocycles. The lowest BCUT2D eigenvalue weighted by atomic mass is 10.1. The van der Waals surface area contributed by atoms with Crippen LogP contribution in [-0.2, 0) is 11.3 Å². The van der Waals surface area contributed by atoms with Crippen LogP contribution in [0, 0.1) is 10.1 Å². The molecular weight excluding hydrogens is 410 g/mol. The first-order valence-electron chi connectivity index (χ1n) is 10.1. The van der Waals surface area contributed by atoms with E-state index in [2.05, 4.69) is 20.9 Å². The molecule has 2 aromatic carbocycles. The van der Waals surface area contributed by atoms with Gasteiger partial charge in [-0.25, -0.2) is 0 Å². The van der Waals surface area contributed by atoms with Crippen molar-refractivity contribution in [2.24, 2.45) is 0 Å². The molecule has 32 heavy (non-hydrogen) atoms. The van der Waals surface area contributed by atoms with E-state index in [0.717, 1.165) is 11.4 Å². The fourth-order valence-corrected chi connectivity index (χ4v) is 2.92. The van der Waals surface area contributed by atoms with Gasteiger partial charge in [0, 0.05) is 48.2 Å². The number of benzene rings is 2. The lowest BCUT2D eigenvalue weighted by Crippen LogP contribution is -2.23. The second kappa shape index (κ2) is 11.2. The van der Waals surface area contributed by atoms with E-state index < -0.39 is 4.92 Å². The van der Waals surface area contributed by atoms with Crippen molar-refractivity contribution in [3.8, 4) is 0 Å². The highest BCUT2D eigenvalue weighted by atomic mass is 16.6. The summed E-state index contributed by atoms with van der Waals surface area (Å²) in [5, 5.41) is 19.4. The van der Waals surface area contributed by atoms with Crippen LogP contribution >= 0.6 is 0 Å². The number of carbonyl (C=O) groups excluding carboxylic acids is 2. The summed E-state index contributed by atoms with van der Waals surface area (Å²) in [6, 6.07) is 18.3. The number of rotatable bonds is 10. The van der Waals surface area contributed by atoms with Crippen LogP contribution in [0.5, 0.6) is 0 Å². The van der Waals surface area contributed by atoms with E-state index in [1.807, 2.05) is 18.2 Å². The highest BCUT2D eigenvalue weighted by Gasteiger charge is 2.09. The Hall–Kier alpha value is -4.27. The van der Waals surface area contributed by atoms with Gasteiger partial charge in [-0.1, -0.05) is 12.1 Å². The van der Waals surface area contributed by atoms with Crippen molar-refractivity contribution < 1.29 is 14.5 Å². The van der Waals surface area contributed by atoms with Gasteiger partial charge in [0.05, 0.1) is 17.2 Å². The van der Waals surface area contributed by atoms with Gasteiger partial charge in [-0.3, -0.25) is 24.7 Å². The summed E-state index contributed by atoms with van der Waals surface area (Å²) in [7, 11) is 0. The predicted octanol–water partition coefficient (Wildman–Crippen LogP) is 3.75. The summed E-state index contributed by atoms with van der Waals surface area (Å²) in [6.07, 6.45) is 2.53. The third-order valence-corrected chi connectivity index (χ3v) is 4.55. The van der Waals surface area contributed by atoms with Crippen LogP contribution in [0.1, 0.15) is 28.9 Å². The number of carbonyl (C=O) groups is 2. The molecule has 0 spiro atoms. The van der Waals surface area contributed by atoms with E-state index in [1.165, 1.54) is 12.1 Å². The summed E-state index contributed by atoms with van der Waals surface area (Å²) in [5.41, 5.74) is 2.53. The topological polar surface area (TPSA) is 126 Å². The second-order valence-corrected chi connectivity index (χ2v) is 6.97. The van der Waals surface area contributed by atoms with Crippen LogP contribution < -0.4 is 16.0 Å². The smallest absolute Gasteiger partial charge is 0.269 e. The molecule has 9 nitrogen and oxygen atoms in total. The van der Waals surface area contributed by atoms with Gasteiger partial charge in [0.2, 0.25) is 5.91 Å². The Kier molecular flexibility index (Phi) is 7.85. The van der Waals surface area contributed by atoms with Gasteiger partial charge in [-0.05, 0) is 48.9 Å². The number of nitrogens with one attached hydrogen (secondary N) is 3. The first kappa shape index (κ1) is 22.4. The van der Waals surface area contributed by atoms with Crippen LogP contribution in [0.25, 0.3) is 0 Å². The molecular formula is C23H23N5O4. The molecule has 0 saturated carbocycles. The third kappa shape index (κ3) is 6.91. The van der Waals surface area contributed by atoms with Crippen LogP contribution in [0.3, 0.4) is 0 Å². The summed E-state index contributed by atoms with van der Waals surface area (Å²) in [4.78, 5) is 39.0. The van der Waals surface area contributed by atoms with E-state index in [0.29, 0.717) is 30.8 Å². The highest BCUT2D eigenvalue weighted by molar-refractivity contribution is 5.97. The maximum absolute atomic E-state index is 12.4.